The Balaban J connectivity index is 1.66. The van der Waals surface area contributed by atoms with Gasteiger partial charge in [-0.3, -0.25) is 0 Å². The summed E-state index contributed by atoms with van der Waals surface area (Å²) in [6.07, 6.45) is 0. The van der Waals surface area contributed by atoms with Gasteiger partial charge in [-0.2, -0.15) is 4.98 Å². The lowest BCUT2D eigenvalue weighted by molar-refractivity contribution is 0.0435. The zero-order chi connectivity index (χ0) is 15.5. The second-order valence-electron chi connectivity index (χ2n) is 4.53. The normalized spacial score (nSPS) is 10.6. The minimum Gasteiger partial charge on any atom is -0.451 e. The zero-order valence-electron chi connectivity index (χ0n) is 11.6. The van der Waals surface area contributed by atoms with E-state index in [1.165, 1.54) is 23.5 Å². The molecule has 0 aliphatic heterocycles. The van der Waals surface area contributed by atoms with E-state index in [1.807, 2.05) is 18.4 Å². The van der Waals surface area contributed by atoms with Crippen molar-refractivity contribution < 1.29 is 18.4 Å². The van der Waals surface area contributed by atoms with Crippen LogP contribution < -0.4 is 0 Å². The molecule has 3 rings (SSSR count). The lowest BCUT2D eigenvalue weighted by Gasteiger charge is -2.00. The Morgan fingerprint density at radius 3 is 2.77 bits per heavy atom. The minimum absolute atomic E-state index is 0.107. The highest BCUT2D eigenvalue weighted by Gasteiger charge is 2.15. The third-order valence-corrected chi connectivity index (χ3v) is 3.94. The molecule has 0 saturated carbocycles. The average Bonchev–Trinajstić information content (AvgIpc) is 3.14. The molecule has 2 heterocycles. The largest absolute Gasteiger partial charge is 0.451 e. The average molecular weight is 318 g/mol. The number of hydrogen-bond acceptors (Lipinski definition) is 6. The van der Waals surface area contributed by atoms with Crippen molar-refractivity contribution in [1.29, 1.82) is 0 Å². The van der Waals surface area contributed by atoms with E-state index in [9.17, 15) is 9.18 Å². The highest BCUT2D eigenvalue weighted by Crippen LogP contribution is 2.19. The van der Waals surface area contributed by atoms with Gasteiger partial charge in [0, 0.05) is 5.56 Å². The van der Waals surface area contributed by atoms with Crippen molar-refractivity contribution in [3.63, 3.8) is 0 Å². The maximum atomic E-state index is 12.9. The summed E-state index contributed by atoms with van der Waals surface area (Å²) >= 11 is 1.32. The number of hydrogen-bond donors (Lipinski definition) is 0. The number of aromatic nitrogens is 2. The van der Waals surface area contributed by atoms with Gasteiger partial charge in [-0.15, -0.1) is 11.3 Å². The molecule has 0 aliphatic carbocycles. The summed E-state index contributed by atoms with van der Waals surface area (Å²) in [6, 6.07) is 7.56. The molecule has 0 radical (unpaired) electrons. The summed E-state index contributed by atoms with van der Waals surface area (Å²) in [5.41, 5.74) is 1.49. The molecule has 0 aliphatic rings. The fourth-order valence-electron chi connectivity index (χ4n) is 1.80. The van der Waals surface area contributed by atoms with Crippen LogP contribution >= 0.6 is 11.3 Å². The van der Waals surface area contributed by atoms with Gasteiger partial charge in [-0.05, 0) is 48.2 Å². The second kappa shape index (κ2) is 6.07. The van der Waals surface area contributed by atoms with Gasteiger partial charge in [0.1, 0.15) is 10.7 Å². The molecule has 0 spiro atoms. The number of thiophene rings is 1. The van der Waals surface area contributed by atoms with Crippen LogP contribution in [0, 0.1) is 12.7 Å². The number of esters is 1. The van der Waals surface area contributed by atoms with Crippen LogP contribution in [0.25, 0.3) is 11.4 Å². The van der Waals surface area contributed by atoms with E-state index in [4.69, 9.17) is 9.26 Å². The summed E-state index contributed by atoms with van der Waals surface area (Å²) in [7, 11) is 0. The molecule has 1 aromatic carbocycles. The Bertz CT molecular complexity index is 795. The molecule has 0 saturated heterocycles. The van der Waals surface area contributed by atoms with Crippen molar-refractivity contribution in [3.05, 3.63) is 57.9 Å². The topological polar surface area (TPSA) is 65.2 Å². The van der Waals surface area contributed by atoms with Crippen molar-refractivity contribution >= 4 is 17.3 Å². The van der Waals surface area contributed by atoms with E-state index in [-0.39, 0.29) is 18.3 Å². The SMILES string of the molecule is Cc1ccsc1C(=O)OCc1nc(-c2ccc(F)cc2)no1. The van der Waals surface area contributed by atoms with E-state index in [2.05, 4.69) is 10.1 Å². The first-order valence-corrected chi connectivity index (χ1v) is 7.31. The first-order valence-electron chi connectivity index (χ1n) is 6.43. The van der Waals surface area contributed by atoms with Crippen LogP contribution in [0.2, 0.25) is 0 Å². The third kappa shape index (κ3) is 3.04. The molecule has 0 atom stereocenters. The zero-order valence-corrected chi connectivity index (χ0v) is 12.4. The molecule has 5 nitrogen and oxygen atoms in total. The van der Waals surface area contributed by atoms with Crippen LogP contribution in [0.5, 0.6) is 0 Å². The summed E-state index contributed by atoms with van der Waals surface area (Å²) in [4.78, 5) is 16.5. The van der Waals surface area contributed by atoms with Gasteiger partial charge in [0.05, 0.1) is 0 Å². The molecule has 3 aromatic rings. The molecular formula is C15H11FN2O3S. The predicted molar refractivity (Wildman–Crippen MR) is 77.9 cm³/mol. The maximum Gasteiger partial charge on any atom is 0.349 e. The van der Waals surface area contributed by atoms with E-state index in [1.54, 1.807) is 12.1 Å². The van der Waals surface area contributed by atoms with Gasteiger partial charge in [0.2, 0.25) is 5.82 Å². The Kier molecular flexibility index (Phi) is 3.97. The number of aryl methyl sites for hydroxylation is 1. The molecule has 0 fully saturated rings. The van der Waals surface area contributed by atoms with Crippen LogP contribution in [0.15, 0.2) is 40.2 Å². The number of carbonyl (C=O) groups excluding carboxylic acids is 1. The van der Waals surface area contributed by atoms with E-state index < -0.39 is 5.97 Å². The lowest BCUT2D eigenvalue weighted by atomic mass is 10.2. The highest BCUT2D eigenvalue weighted by atomic mass is 32.1. The van der Waals surface area contributed by atoms with Gasteiger partial charge in [0.15, 0.2) is 6.61 Å². The minimum atomic E-state index is -0.422. The highest BCUT2D eigenvalue weighted by molar-refractivity contribution is 7.12. The fourth-order valence-corrected chi connectivity index (χ4v) is 2.62. The molecule has 7 heteroatoms. The Labute approximate surface area is 129 Å². The fraction of sp³-hybridized carbons (Fsp3) is 0.133. The summed E-state index contributed by atoms with van der Waals surface area (Å²) in [6.45, 7) is 1.73. The molecule has 0 N–H and O–H groups in total. The molecular weight excluding hydrogens is 307 g/mol. The molecule has 0 amide bonds. The quantitative estimate of drug-likeness (QED) is 0.688. The Hall–Kier alpha value is -2.54. The van der Waals surface area contributed by atoms with Crippen molar-refractivity contribution in [2.75, 3.05) is 0 Å². The smallest absolute Gasteiger partial charge is 0.349 e. The number of carbonyl (C=O) groups is 1. The van der Waals surface area contributed by atoms with Crippen LogP contribution in [0.1, 0.15) is 21.1 Å². The van der Waals surface area contributed by atoms with E-state index >= 15 is 0 Å². The van der Waals surface area contributed by atoms with Gasteiger partial charge in [-0.1, -0.05) is 5.16 Å². The van der Waals surface area contributed by atoms with Crippen LogP contribution in [-0.2, 0) is 11.3 Å². The first-order chi connectivity index (χ1) is 10.6. The van der Waals surface area contributed by atoms with Gasteiger partial charge in [-0.25, -0.2) is 9.18 Å². The van der Waals surface area contributed by atoms with E-state index in [0.29, 0.717) is 16.3 Å². The molecule has 112 valence electrons. The monoisotopic (exact) mass is 318 g/mol. The molecule has 0 bridgehead atoms. The first kappa shape index (κ1) is 14.4. The third-order valence-electron chi connectivity index (χ3n) is 2.94. The Morgan fingerprint density at radius 1 is 1.32 bits per heavy atom. The molecule has 0 unspecified atom stereocenters. The van der Waals surface area contributed by atoms with Crippen molar-refractivity contribution in [3.8, 4) is 11.4 Å². The predicted octanol–water partition coefficient (Wildman–Crippen LogP) is 3.60. The van der Waals surface area contributed by atoms with Crippen LogP contribution in [-0.4, -0.2) is 16.1 Å². The summed E-state index contributed by atoms with van der Waals surface area (Å²) < 4.78 is 23.0. The standard InChI is InChI=1S/C15H11FN2O3S/c1-9-6-7-22-13(9)15(19)20-8-12-17-14(18-21-12)10-2-4-11(16)5-3-10/h2-7H,8H2,1H3. The van der Waals surface area contributed by atoms with Crippen molar-refractivity contribution in [2.24, 2.45) is 0 Å². The summed E-state index contributed by atoms with van der Waals surface area (Å²) in [5, 5.41) is 5.60. The van der Waals surface area contributed by atoms with Gasteiger partial charge < -0.3 is 9.26 Å². The van der Waals surface area contributed by atoms with Crippen molar-refractivity contribution in [1.82, 2.24) is 10.1 Å². The lowest BCUT2D eigenvalue weighted by Crippen LogP contribution is -2.04. The number of nitrogens with zero attached hydrogens (tertiary/aromatic N) is 2. The van der Waals surface area contributed by atoms with E-state index in [0.717, 1.165) is 5.56 Å². The molecule has 22 heavy (non-hydrogen) atoms. The molecule has 2 aromatic heterocycles. The maximum absolute atomic E-state index is 12.9. The second-order valence-corrected chi connectivity index (χ2v) is 5.44. The number of benzene rings is 1. The number of halogens is 1. The number of ether oxygens (including phenoxy) is 1. The van der Waals surface area contributed by atoms with Gasteiger partial charge >= 0.3 is 5.97 Å². The van der Waals surface area contributed by atoms with Crippen LogP contribution in [0.4, 0.5) is 4.39 Å². The Morgan fingerprint density at radius 2 is 2.09 bits per heavy atom. The number of rotatable bonds is 4. The summed E-state index contributed by atoms with van der Waals surface area (Å²) in [5.74, 6) is -0.262. The van der Waals surface area contributed by atoms with Crippen molar-refractivity contribution in [2.45, 2.75) is 13.5 Å². The van der Waals surface area contributed by atoms with Gasteiger partial charge in [0.25, 0.3) is 5.89 Å². The van der Waals surface area contributed by atoms with Crippen LogP contribution in [0.3, 0.4) is 0 Å².